The summed E-state index contributed by atoms with van der Waals surface area (Å²) in [6, 6.07) is 0.235. The Morgan fingerprint density at radius 1 is 1.11 bits per heavy atom. The van der Waals surface area contributed by atoms with E-state index in [1.54, 1.807) is 4.31 Å². The molecule has 2 saturated heterocycles. The third kappa shape index (κ3) is 3.66. The molecule has 2 rings (SSSR count). The van der Waals surface area contributed by atoms with Crippen LogP contribution in [0, 0.1) is 0 Å². The van der Waals surface area contributed by atoms with Crippen molar-refractivity contribution < 1.29 is 8.42 Å². The smallest absolute Gasteiger partial charge is 0.279 e. The van der Waals surface area contributed by atoms with Crippen molar-refractivity contribution in [3.05, 3.63) is 0 Å². The molecule has 2 N–H and O–H groups in total. The lowest BCUT2D eigenvalue weighted by atomic mass is 10.1. The zero-order chi connectivity index (χ0) is 13.0. The molecule has 2 atom stereocenters. The quantitative estimate of drug-likeness (QED) is 0.802. The number of rotatable bonds is 3. The predicted octanol–water partition coefficient (Wildman–Crippen LogP) is 0.837. The molecule has 0 radical (unpaired) electrons. The number of hydrogen-bond acceptors (Lipinski definition) is 3. The molecule has 2 fully saturated rings. The number of piperidine rings is 1. The van der Waals surface area contributed by atoms with Gasteiger partial charge in [-0.25, -0.2) is 0 Å². The second kappa shape index (κ2) is 6.32. The normalized spacial score (nSPS) is 32.1. The van der Waals surface area contributed by atoms with Crippen molar-refractivity contribution in [1.29, 1.82) is 0 Å². The Labute approximate surface area is 110 Å². The van der Waals surface area contributed by atoms with Crippen LogP contribution in [0.1, 0.15) is 45.4 Å². The van der Waals surface area contributed by atoms with Crippen LogP contribution in [0.3, 0.4) is 0 Å². The average molecular weight is 275 g/mol. The van der Waals surface area contributed by atoms with Crippen molar-refractivity contribution in [2.75, 3.05) is 19.6 Å². The lowest BCUT2D eigenvalue weighted by Crippen LogP contribution is -2.50. The summed E-state index contributed by atoms with van der Waals surface area (Å²) in [5, 5.41) is 3.30. The van der Waals surface area contributed by atoms with Gasteiger partial charge in [0.1, 0.15) is 0 Å². The molecular weight excluding hydrogens is 250 g/mol. The topological polar surface area (TPSA) is 61.4 Å². The molecule has 0 aliphatic carbocycles. The Bertz CT molecular complexity index is 350. The summed E-state index contributed by atoms with van der Waals surface area (Å²) in [6.45, 7) is 4.58. The molecule has 2 unspecified atom stereocenters. The fourth-order valence-corrected chi connectivity index (χ4v) is 4.59. The summed E-state index contributed by atoms with van der Waals surface area (Å²) in [7, 11) is -3.29. The van der Waals surface area contributed by atoms with Crippen molar-refractivity contribution >= 4 is 10.2 Å². The zero-order valence-corrected chi connectivity index (χ0v) is 12.0. The van der Waals surface area contributed by atoms with Crippen LogP contribution in [-0.2, 0) is 10.2 Å². The van der Waals surface area contributed by atoms with Gasteiger partial charge in [-0.1, -0.05) is 6.42 Å². The van der Waals surface area contributed by atoms with E-state index in [0.717, 1.165) is 51.6 Å². The first-order chi connectivity index (χ1) is 8.59. The van der Waals surface area contributed by atoms with E-state index in [9.17, 15) is 8.42 Å². The van der Waals surface area contributed by atoms with Gasteiger partial charge in [0.2, 0.25) is 0 Å². The van der Waals surface area contributed by atoms with Gasteiger partial charge in [0.25, 0.3) is 10.2 Å². The SMILES string of the molecule is CC1CCCCN1S(=O)(=O)NC1CCCNCC1. The summed E-state index contributed by atoms with van der Waals surface area (Å²) in [6.07, 6.45) is 5.98. The minimum absolute atomic E-state index is 0.0964. The van der Waals surface area contributed by atoms with Gasteiger partial charge in [-0.05, 0) is 52.1 Å². The number of nitrogens with one attached hydrogen (secondary N) is 2. The molecule has 0 aromatic heterocycles. The van der Waals surface area contributed by atoms with Crippen molar-refractivity contribution in [3.63, 3.8) is 0 Å². The van der Waals surface area contributed by atoms with Gasteiger partial charge in [-0.15, -0.1) is 0 Å². The fourth-order valence-electron chi connectivity index (χ4n) is 2.84. The van der Waals surface area contributed by atoms with Gasteiger partial charge in [-0.2, -0.15) is 17.4 Å². The number of nitrogens with zero attached hydrogens (tertiary/aromatic N) is 1. The van der Waals surface area contributed by atoms with Gasteiger partial charge in [0, 0.05) is 18.6 Å². The first-order valence-corrected chi connectivity index (χ1v) is 8.53. The van der Waals surface area contributed by atoms with Gasteiger partial charge in [-0.3, -0.25) is 0 Å². The van der Waals surface area contributed by atoms with Crippen LogP contribution in [0.4, 0.5) is 0 Å². The third-order valence-corrected chi connectivity index (χ3v) is 5.73. The van der Waals surface area contributed by atoms with E-state index in [1.165, 1.54) is 0 Å². The van der Waals surface area contributed by atoms with E-state index in [4.69, 9.17) is 0 Å². The molecule has 2 aliphatic rings. The minimum Gasteiger partial charge on any atom is -0.317 e. The average Bonchev–Trinajstić information content (AvgIpc) is 2.57. The van der Waals surface area contributed by atoms with E-state index in [2.05, 4.69) is 10.0 Å². The summed E-state index contributed by atoms with van der Waals surface area (Å²) >= 11 is 0. The molecule has 0 spiro atoms. The molecule has 0 amide bonds. The van der Waals surface area contributed by atoms with Crippen LogP contribution in [0.15, 0.2) is 0 Å². The van der Waals surface area contributed by atoms with E-state index >= 15 is 0 Å². The van der Waals surface area contributed by atoms with Crippen LogP contribution < -0.4 is 10.0 Å². The van der Waals surface area contributed by atoms with Gasteiger partial charge in [0.15, 0.2) is 0 Å². The largest absolute Gasteiger partial charge is 0.317 e. The number of hydrogen-bond donors (Lipinski definition) is 2. The van der Waals surface area contributed by atoms with Crippen LogP contribution in [0.25, 0.3) is 0 Å². The van der Waals surface area contributed by atoms with Crippen LogP contribution in [0.5, 0.6) is 0 Å². The molecule has 18 heavy (non-hydrogen) atoms. The highest BCUT2D eigenvalue weighted by Gasteiger charge is 2.31. The summed E-state index contributed by atoms with van der Waals surface area (Å²) in [4.78, 5) is 0. The van der Waals surface area contributed by atoms with E-state index in [-0.39, 0.29) is 12.1 Å². The van der Waals surface area contributed by atoms with E-state index in [0.29, 0.717) is 6.54 Å². The minimum atomic E-state index is -3.29. The standard InChI is InChI=1S/C12H25N3O2S/c1-11-5-2-3-10-15(11)18(16,17)14-12-6-4-8-13-9-7-12/h11-14H,2-10H2,1H3. The second-order valence-corrected chi connectivity index (χ2v) is 7.11. The van der Waals surface area contributed by atoms with Crippen molar-refractivity contribution in [2.24, 2.45) is 0 Å². The Hall–Kier alpha value is -0.170. The molecular formula is C12H25N3O2S. The molecule has 6 heteroatoms. The van der Waals surface area contributed by atoms with Gasteiger partial charge in [0.05, 0.1) is 0 Å². The maximum absolute atomic E-state index is 12.4. The molecule has 5 nitrogen and oxygen atoms in total. The molecule has 106 valence electrons. The molecule has 0 saturated carbocycles. The van der Waals surface area contributed by atoms with Gasteiger partial charge >= 0.3 is 0 Å². The van der Waals surface area contributed by atoms with E-state index in [1.807, 2.05) is 6.92 Å². The lowest BCUT2D eigenvalue weighted by molar-refractivity contribution is 0.263. The third-order valence-electron chi connectivity index (χ3n) is 3.94. The fraction of sp³-hybridized carbons (Fsp3) is 1.00. The Morgan fingerprint density at radius 2 is 1.94 bits per heavy atom. The van der Waals surface area contributed by atoms with Crippen LogP contribution in [0.2, 0.25) is 0 Å². The Morgan fingerprint density at radius 3 is 2.72 bits per heavy atom. The van der Waals surface area contributed by atoms with E-state index < -0.39 is 10.2 Å². The van der Waals surface area contributed by atoms with Gasteiger partial charge < -0.3 is 5.32 Å². The Kier molecular flexibility index (Phi) is 5.00. The molecule has 2 heterocycles. The summed E-state index contributed by atoms with van der Waals surface area (Å²) in [5.41, 5.74) is 0. The monoisotopic (exact) mass is 275 g/mol. The second-order valence-electron chi connectivity index (χ2n) is 5.46. The summed E-state index contributed by atoms with van der Waals surface area (Å²) in [5.74, 6) is 0. The van der Waals surface area contributed by atoms with Crippen molar-refractivity contribution in [2.45, 2.75) is 57.5 Å². The zero-order valence-electron chi connectivity index (χ0n) is 11.2. The molecule has 0 aromatic rings. The molecule has 0 aromatic carbocycles. The van der Waals surface area contributed by atoms with Crippen molar-refractivity contribution in [3.8, 4) is 0 Å². The van der Waals surface area contributed by atoms with Crippen LogP contribution in [-0.4, -0.2) is 44.4 Å². The lowest BCUT2D eigenvalue weighted by Gasteiger charge is -2.33. The first kappa shape index (κ1) is 14.2. The first-order valence-electron chi connectivity index (χ1n) is 7.09. The summed E-state index contributed by atoms with van der Waals surface area (Å²) < 4.78 is 29.3. The maximum atomic E-state index is 12.4. The molecule has 0 bridgehead atoms. The Balaban J connectivity index is 1.96. The highest BCUT2D eigenvalue weighted by atomic mass is 32.2. The predicted molar refractivity (Wildman–Crippen MR) is 72.6 cm³/mol. The highest BCUT2D eigenvalue weighted by Crippen LogP contribution is 2.20. The maximum Gasteiger partial charge on any atom is 0.279 e. The molecule has 2 aliphatic heterocycles. The van der Waals surface area contributed by atoms with Crippen LogP contribution >= 0.6 is 0 Å². The van der Waals surface area contributed by atoms with Crippen molar-refractivity contribution in [1.82, 2.24) is 14.3 Å². The highest BCUT2D eigenvalue weighted by molar-refractivity contribution is 7.87.